The van der Waals surface area contributed by atoms with Gasteiger partial charge in [0.25, 0.3) is 0 Å². The molecule has 2 aromatic carbocycles. The fraction of sp³-hybridized carbons (Fsp3) is 0.522. The maximum Gasteiger partial charge on any atom is 0.302 e. The predicted octanol–water partition coefficient (Wildman–Crippen LogP) is 5.91. The third-order valence-corrected chi connectivity index (χ3v) is 4.41. The lowest BCUT2D eigenvalue weighted by atomic mass is 10.1. The molecule has 0 aromatic heterocycles. The van der Waals surface area contributed by atoms with Crippen LogP contribution in [0.5, 0.6) is 11.5 Å². The summed E-state index contributed by atoms with van der Waals surface area (Å²) in [5.41, 5.74) is 0. The van der Waals surface area contributed by atoms with Gasteiger partial charge in [-0.05, 0) is 54.3 Å². The van der Waals surface area contributed by atoms with Crippen LogP contribution in [0.25, 0.3) is 10.8 Å². The number of carbonyl (C=O) groups excluding carboxylic acids is 1. The lowest BCUT2D eigenvalue weighted by molar-refractivity contribution is -0.141. The molecule has 2 aromatic rings. The van der Waals surface area contributed by atoms with Crippen molar-refractivity contribution in [3.8, 4) is 11.5 Å². The lowest BCUT2D eigenvalue weighted by Crippen LogP contribution is -2.03. The molecule has 0 spiro atoms. The van der Waals surface area contributed by atoms with E-state index >= 15 is 0 Å². The van der Waals surface area contributed by atoms with Gasteiger partial charge < -0.3 is 14.2 Å². The zero-order chi connectivity index (χ0) is 19.3. The van der Waals surface area contributed by atoms with Crippen LogP contribution in [-0.4, -0.2) is 25.8 Å². The number of carbonyl (C=O) groups is 1. The van der Waals surface area contributed by atoms with Crippen LogP contribution in [0.3, 0.4) is 0 Å². The summed E-state index contributed by atoms with van der Waals surface area (Å²) in [4.78, 5) is 10.7. The molecule has 0 amide bonds. The second-order valence-corrected chi connectivity index (χ2v) is 6.83. The van der Waals surface area contributed by atoms with E-state index in [4.69, 9.17) is 14.2 Å². The van der Waals surface area contributed by atoms with Crippen LogP contribution < -0.4 is 9.47 Å². The number of hydrogen-bond donors (Lipinski definition) is 0. The molecule has 0 unspecified atom stereocenters. The highest BCUT2D eigenvalue weighted by Gasteiger charge is 2.01. The number of ether oxygens (including phenoxy) is 3. The molecular formula is C23H32O4. The van der Waals surface area contributed by atoms with Crippen molar-refractivity contribution >= 4 is 16.7 Å². The van der Waals surface area contributed by atoms with Gasteiger partial charge in [-0.25, -0.2) is 0 Å². The molecule has 0 heterocycles. The van der Waals surface area contributed by atoms with E-state index in [0.29, 0.717) is 13.2 Å². The van der Waals surface area contributed by atoms with Crippen molar-refractivity contribution in [1.82, 2.24) is 0 Å². The Labute approximate surface area is 162 Å². The van der Waals surface area contributed by atoms with Crippen molar-refractivity contribution in [3.05, 3.63) is 36.4 Å². The molecule has 0 aliphatic heterocycles. The Morgan fingerprint density at radius 2 is 1.26 bits per heavy atom. The molecule has 0 aliphatic rings. The van der Waals surface area contributed by atoms with Gasteiger partial charge in [-0.15, -0.1) is 0 Å². The van der Waals surface area contributed by atoms with Gasteiger partial charge in [0, 0.05) is 6.92 Å². The van der Waals surface area contributed by atoms with E-state index in [1.165, 1.54) is 32.6 Å². The summed E-state index contributed by atoms with van der Waals surface area (Å²) in [6.45, 7) is 5.51. The average Bonchev–Trinajstić information content (AvgIpc) is 2.67. The van der Waals surface area contributed by atoms with E-state index in [2.05, 4.69) is 31.2 Å². The van der Waals surface area contributed by atoms with Crippen molar-refractivity contribution in [3.63, 3.8) is 0 Å². The number of benzene rings is 2. The standard InChI is InChI=1S/C23H32O4/c1-3-4-5-6-7-15-26-22-12-10-21-18-23(13-11-20(21)17-22)27-16-9-8-14-25-19(2)24/h10-13,17-18H,3-9,14-16H2,1-2H3. The van der Waals surface area contributed by atoms with Gasteiger partial charge in [-0.3, -0.25) is 4.79 Å². The molecular weight excluding hydrogens is 340 g/mol. The van der Waals surface area contributed by atoms with Gasteiger partial charge in [0.2, 0.25) is 0 Å². The number of esters is 1. The minimum absolute atomic E-state index is 0.231. The molecule has 0 radical (unpaired) electrons. The van der Waals surface area contributed by atoms with Crippen molar-refractivity contribution in [2.24, 2.45) is 0 Å². The first kappa shape index (κ1) is 21.1. The molecule has 0 N–H and O–H groups in total. The summed E-state index contributed by atoms with van der Waals surface area (Å²) in [5.74, 6) is 1.56. The Morgan fingerprint density at radius 3 is 1.81 bits per heavy atom. The molecule has 0 saturated heterocycles. The van der Waals surface area contributed by atoms with E-state index < -0.39 is 0 Å². The van der Waals surface area contributed by atoms with Crippen LogP contribution in [-0.2, 0) is 9.53 Å². The summed E-state index contributed by atoms with van der Waals surface area (Å²) >= 11 is 0. The van der Waals surface area contributed by atoms with Crippen molar-refractivity contribution in [1.29, 1.82) is 0 Å². The molecule has 0 saturated carbocycles. The maximum absolute atomic E-state index is 10.7. The first-order valence-electron chi connectivity index (χ1n) is 10.1. The van der Waals surface area contributed by atoms with Gasteiger partial charge in [0.15, 0.2) is 0 Å². The van der Waals surface area contributed by atoms with Gasteiger partial charge in [-0.1, -0.05) is 44.7 Å². The molecule has 0 aliphatic carbocycles. The second-order valence-electron chi connectivity index (χ2n) is 6.83. The summed E-state index contributed by atoms with van der Waals surface area (Å²) in [6.07, 6.45) is 7.90. The Bertz CT molecular complexity index is 696. The first-order valence-corrected chi connectivity index (χ1v) is 10.1. The van der Waals surface area contributed by atoms with E-state index in [9.17, 15) is 4.79 Å². The second kappa shape index (κ2) is 12.2. The summed E-state index contributed by atoms with van der Waals surface area (Å²) in [5, 5.41) is 2.29. The Kier molecular flexibility index (Phi) is 9.53. The first-order chi connectivity index (χ1) is 13.2. The van der Waals surface area contributed by atoms with E-state index in [0.717, 1.165) is 48.1 Å². The fourth-order valence-corrected chi connectivity index (χ4v) is 2.89. The SMILES string of the molecule is CCCCCCCOc1ccc2cc(OCCCCOC(C)=O)ccc2c1. The molecule has 148 valence electrons. The number of fused-ring (bicyclic) bond motifs is 1. The number of hydrogen-bond acceptors (Lipinski definition) is 4. The predicted molar refractivity (Wildman–Crippen MR) is 110 cm³/mol. The normalized spacial score (nSPS) is 10.7. The third-order valence-electron chi connectivity index (χ3n) is 4.41. The fourth-order valence-electron chi connectivity index (χ4n) is 2.89. The Hall–Kier alpha value is -2.23. The van der Waals surface area contributed by atoms with E-state index in [1.807, 2.05) is 12.1 Å². The van der Waals surface area contributed by atoms with Gasteiger partial charge in [-0.2, -0.15) is 0 Å². The molecule has 27 heavy (non-hydrogen) atoms. The Balaban J connectivity index is 1.74. The number of unbranched alkanes of at least 4 members (excludes halogenated alkanes) is 5. The van der Waals surface area contributed by atoms with Crippen LogP contribution >= 0.6 is 0 Å². The topological polar surface area (TPSA) is 44.8 Å². The summed E-state index contributed by atoms with van der Waals surface area (Å²) < 4.78 is 16.6. The zero-order valence-electron chi connectivity index (χ0n) is 16.7. The minimum Gasteiger partial charge on any atom is -0.494 e. The molecule has 0 bridgehead atoms. The van der Waals surface area contributed by atoms with Crippen molar-refractivity contribution in [2.45, 2.75) is 58.8 Å². The lowest BCUT2D eigenvalue weighted by Gasteiger charge is -2.10. The largest absolute Gasteiger partial charge is 0.494 e. The van der Waals surface area contributed by atoms with E-state index in [-0.39, 0.29) is 5.97 Å². The van der Waals surface area contributed by atoms with Crippen LogP contribution in [0.1, 0.15) is 58.8 Å². The highest BCUT2D eigenvalue weighted by atomic mass is 16.5. The van der Waals surface area contributed by atoms with Crippen molar-refractivity contribution in [2.75, 3.05) is 19.8 Å². The summed E-state index contributed by atoms with van der Waals surface area (Å²) in [6, 6.07) is 12.3. The minimum atomic E-state index is -0.231. The molecule has 4 nitrogen and oxygen atoms in total. The quantitative estimate of drug-likeness (QED) is 0.324. The molecule has 4 heteroatoms. The summed E-state index contributed by atoms with van der Waals surface area (Å²) in [7, 11) is 0. The smallest absolute Gasteiger partial charge is 0.302 e. The van der Waals surface area contributed by atoms with Gasteiger partial charge >= 0.3 is 5.97 Å². The molecule has 2 rings (SSSR count). The van der Waals surface area contributed by atoms with Crippen LogP contribution in [0.2, 0.25) is 0 Å². The molecule has 0 atom stereocenters. The highest BCUT2D eigenvalue weighted by Crippen LogP contribution is 2.25. The third kappa shape index (κ3) is 8.33. The monoisotopic (exact) mass is 372 g/mol. The van der Waals surface area contributed by atoms with Gasteiger partial charge in [0.05, 0.1) is 19.8 Å². The maximum atomic E-state index is 10.7. The van der Waals surface area contributed by atoms with Crippen LogP contribution in [0.4, 0.5) is 0 Å². The van der Waals surface area contributed by atoms with Crippen LogP contribution in [0.15, 0.2) is 36.4 Å². The van der Waals surface area contributed by atoms with E-state index in [1.54, 1.807) is 0 Å². The Morgan fingerprint density at radius 1 is 0.741 bits per heavy atom. The van der Waals surface area contributed by atoms with Gasteiger partial charge in [0.1, 0.15) is 11.5 Å². The number of rotatable bonds is 13. The molecule has 0 fully saturated rings. The van der Waals surface area contributed by atoms with Crippen LogP contribution in [0, 0.1) is 0 Å². The highest BCUT2D eigenvalue weighted by molar-refractivity contribution is 5.85. The average molecular weight is 373 g/mol. The van der Waals surface area contributed by atoms with Crippen molar-refractivity contribution < 1.29 is 19.0 Å². The zero-order valence-corrected chi connectivity index (χ0v) is 16.7.